The van der Waals surface area contributed by atoms with Gasteiger partial charge in [-0.15, -0.1) is 11.3 Å². The molecule has 23 heavy (non-hydrogen) atoms. The number of nitrogens with zero attached hydrogens (tertiary/aromatic N) is 2. The minimum atomic E-state index is -0.433. The molecule has 2 aromatic heterocycles. The molecule has 3 rings (SSSR count). The highest BCUT2D eigenvalue weighted by Gasteiger charge is 2.18. The Kier molecular flexibility index (Phi) is 4.54. The van der Waals surface area contributed by atoms with Crippen LogP contribution in [0.15, 0.2) is 46.6 Å². The summed E-state index contributed by atoms with van der Waals surface area (Å²) in [5.41, 5.74) is 2.17. The second-order valence-electron chi connectivity index (χ2n) is 5.41. The lowest BCUT2D eigenvalue weighted by Gasteiger charge is -2.24. The van der Waals surface area contributed by atoms with Crippen LogP contribution in [0.3, 0.4) is 0 Å². The monoisotopic (exact) mass is 334 g/mol. The number of hydrogen-bond donors (Lipinski definition) is 0. The van der Waals surface area contributed by atoms with Crippen molar-refractivity contribution in [3.05, 3.63) is 65.1 Å². The predicted molar refractivity (Wildman–Crippen MR) is 86.1 cm³/mol. The van der Waals surface area contributed by atoms with Crippen molar-refractivity contribution >= 4 is 11.3 Å². The number of benzene rings is 1. The van der Waals surface area contributed by atoms with Gasteiger partial charge in [-0.05, 0) is 38.2 Å². The van der Waals surface area contributed by atoms with Crippen LogP contribution in [0.2, 0.25) is 0 Å². The van der Waals surface area contributed by atoms with Crippen molar-refractivity contribution in [2.24, 2.45) is 0 Å². The van der Waals surface area contributed by atoms with E-state index in [9.17, 15) is 8.78 Å². The van der Waals surface area contributed by atoms with E-state index in [1.54, 1.807) is 12.5 Å². The lowest BCUT2D eigenvalue weighted by molar-refractivity contribution is 0.245. The summed E-state index contributed by atoms with van der Waals surface area (Å²) in [6.07, 6.45) is 3.26. The summed E-state index contributed by atoms with van der Waals surface area (Å²) in [5, 5.41) is 2.85. The van der Waals surface area contributed by atoms with Crippen LogP contribution in [-0.2, 0) is 6.54 Å². The molecule has 0 fully saturated rings. The number of thiazole rings is 1. The number of halogens is 2. The normalized spacial score (nSPS) is 12.7. The van der Waals surface area contributed by atoms with Crippen LogP contribution in [0.5, 0.6) is 0 Å². The average molecular weight is 334 g/mol. The maximum atomic E-state index is 13.9. The molecule has 1 unspecified atom stereocenters. The Morgan fingerprint density at radius 3 is 2.87 bits per heavy atom. The van der Waals surface area contributed by atoms with Crippen molar-refractivity contribution in [2.75, 3.05) is 7.05 Å². The van der Waals surface area contributed by atoms with Crippen LogP contribution in [0.25, 0.3) is 10.6 Å². The van der Waals surface area contributed by atoms with E-state index in [1.807, 2.05) is 30.3 Å². The molecule has 1 atom stereocenters. The number of rotatable bonds is 5. The number of aromatic nitrogens is 1. The molecule has 0 spiro atoms. The molecule has 3 aromatic rings. The van der Waals surface area contributed by atoms with Gasteiger partial charge in [-0.25, -0.2) is 13.8 Å². The number of furan rings is 1. The van der Waals surface area contributed by atoms with Gasteiger partial charge in [0.2, 0.25) is 0 Å². The third-order valence-electron chi connectivity index (χ3n) is 3.80. The third-order valence-corrected chi connectivity index (χ3v) is 4.74. The molecule has 3 nitrogen and oxygen atoms in total. The molecule has 0 saturated heterocycles. The molecular weight excluding hydrogens is 318 g/mol. The molecule has 0 radical (unpaired) electrons. The highest BCUT2D eigenvalue weighted by molar-refractivity contribution is 7.13. The summed E-state index contributed by atoms with van der Waals surface area (Å²) >= 11 is 1.53. The van der Waals surface area contributed by atoms with Gasteiger partial charge in [-0.1, -0.05) is 0 Å². The smallest absolute Gasteiger partial charge is 0.128 e. The summed E-state index contributed by atoms with van der Waals surface area (Å²) in [4.78, 5) is 6.49. The van der Waals surface area contributed by atoms with Crippen molar-refractivity contribution in [1.82, 2.24) is 9.88 Å². The van der Waals surface area contributed by atoms with Crippen molar-refractivity contribution in [2.45, 2.75) is 19.5 Å². The SMILES string of the molecule is CC(c1cc(F)ccc1F)N(C)Cc1csc(-c2ccoc2)n1. The first-order valence-corrected chi connectivity index (χ1v) is 8.04. The molecule has 0 aliphatic rings. The second kappa shape index (κ2) is 6.60. The van der Waals surface area contributed by atoms with E-state index in [4.69, 9.17) is 4.42 Å². The van der Waals surface area contributed by atoms with Gasteiger partial charge in [0.15, 0.2) is 0 Å². The number of hydrogen-bond acceptors (Lipinski definition) is 4. The molecule has 6 heteroatoms. The minimum absolute atomic E-state index is 0.259. The molecule has 0 bridgehead atoms. The average Bonchev–Trinajstić information content (AvgIpc) is 3.19. The molecule has 0 aliphatic heterocycles. The molecule has 120 valence electrons. The van der Waals surface area contributed by atoms with Crippen LogP contribution in [-0.4, -0.2) is 16.9 Å². The Morgan fingerprint density at radius 1 is 1.30 bits per heavy atom. The maximum Gasteiger partial charge on any atom is 0.128 e. The van der Waals surface area contributed by atoms with Crippen molar-refractivity contribution in [1.29, 1.82) is 0 Å². The van der Waals surface area contributed by atoms with Gasteiger partial charge in [-0.3, -0.25) is 4.90 Å². The Labute approximate surface area is 137 Å². The van der Waals surface area contributed by atoms with E-state index in [0.29, 0.717) is 12.1 Å². The highest BCUT2D eigenvalue weighted by atomic mass is 32.1. The zero-order valence-corrected chi connectivity index (χ0v) is 13.6. The van der Waals surface area contributed by atoms with Gasteiger partial charge in [0.1, 0.15) is 22.9 Å². The van der Waals surface area contributed by atoms with Gasteiger partial charge in [0, 0.05) is 29.1 Å². The fourth-order valence-corrected chi connectivity index (χ4v) is 3.16. The van der Waals surface area contributed by atoms with Crippen LogP contribution >= 0.6 is 11.3 Å². The summed E-state index contributed by atoms with van der Waals surface area (Å²) in [7, 11) is 1.87. The first-order valence-electron chi connectivity index (χ1n) is 7.17. The molecule has 0 N–H and O–H groups in total. The van der Waals surface area contributed by atoms with Gasteiger partial charge in [-0.2, -0.15) is 0 Å². The van der Waals surface area contributed by atoms with E-state index < -0.39 is 11.6 Å². The van der Waals surface area contributed by atoms with Crippen molar-refractivity contribution in [3.63, 3.8) is 0 Å². The Balaban J connectivity index is 1.73. The van der Waals surface area contributed by atoms with Crippen LogP contribution < -0.4 is 0 Å². The highest BCUT2D eigenvalue weighted by Crippen LogP contribution is 2.27. The maximum absolute atomic E-state index is 13.9. The van der Waals surface area contributed by atoms with Gasteiger partial charge in [0.05, 0.1) is 12.0 Å². The quantitative estimate of drug-likeness (QED) is 0.666. The summed E-state index contributed by atoms with van der Waals surface area (Å²) in [5.74, 6) is -0.833. The fraction of sp³-hybridized carbons (Fsp3) is 0.235. The van der Waals surface area contributed by atoms with Crippen molar-refractivity contribution < 1.29 is 13.2 Å². The minimum Gasteiger partial charge on any atom is -0.472 e. The van der Waals surface area contributed by atoms with Crippen molar-refractivity contribution in [3.8, 4) is 10.6 Å². The summed E-state index contributed by atoms with van der Waals surface area (Å²) in [6, 6.07) is 5.13. The zero-order chi connectivity index (χ0) is 16.4. The molecule has 1 aromatic carbocycles. The Morgan fingerprint density at radius 2 is 2.13 bits per heavy atom. The van der Waals surface area contributed by atoms with Crippen LogP contribution in [0.1, 0.15) is 24.2 Å². The lowest BCUT2D eigenvalue weighted by Crippen LogP contribution is -2.23. The van der Waals surface area contributed by atoms with Crippen LogP contribution in [0, 0.1) is 11.6 Å². The van der Waals surface area contributed by atoms with Crippen LogP contribution in [0.4, 0.5) is 8.78 Å². The van der Waals surface area contributed by atoms with E-state index >= 15 is 0 Å². The topological polar surface area (TPSA) is 29.3 Å². The largest absolute Gasteiger partial charge is 0.472 e. The second-order valence-corrected chi connectivity index (χ2v) is 6.27. The zero-order valence-electron chi connectivity index (χ0n) is 12.8. The first kappa shape index (κ1) is 15.8. The molecular formula is C17H16F2N2OS. The van der Waals surface area contributed by atoms with E-state index in [1.165, 1.54) is 17.4 Å². The first-order chi connectivity index (χ1) is 11.0. The molecule has 0 aliphatic carbocycles. The molecule has 2 heterocycles. The van der Waals surface area contributed by atoms with Gasteiger partial charge >= 0.3 is 0 Å². The lowest BCUT2D eigenvalue weighted by atomic mass is 10.1. The van der Waals surface area contributed by atoms with E-state index in [0.717, 1.165) is 28.4 Å². The standard InChI is InChI=1S/C17H16F2N2OS/c1-11(15-7-13(18)3-4-16(15)19)21(2)8-14-10-23-17(20-14)12-5-6-22-9-12/h3-7,9-11H,8H2,1-2H3. The Bertz CT molecular complexity index is 786. The van der Waals surface area contributed by atoms with Gasteiger partial charge in [0.25, 0.3) is 0 Å². The van der Waals surface area contributed by atoms with Gasteiger partial charge < -0.3 is 4.42 Å². The third kappa shape index (κ3) is 3.48. The summed E-state index contributed by atoms with van der Waals surface area (Å²) in [6.45, 7) is 2.40. The molecule has 0 amide bonds. The molecule has 0 saturated carbocycles. The van der Waals surface area contributed by atoms with E-state index in [-0.39, 0.29) is 6.04 Å². The Hall–Kier alpha value is -2.05. The predicted octanol–water partition coefficient (Wildman–Crippen LogP) is 4.87. The summed E-state index contributed by atoms with van der Waals surface area (Å²) < 4.78 is 32.3. The van der Waals surface area contributed by atoms with E-state index in [2.05, 4.69) is 4.98 Å². The fourth-order valence-electron chi connectivity index (χ4n) is 2.36.